The van der Waals surface area contributed by atoms with Crippen molar-refractivity contribution in [2.45, 2.75) is 33.4 Å². The molecule has 21 heavy (non-hydrogen) atoms. The standard InChI is InChI=1S/C14H16N6O/c1-9-6-10(2)20(18-9)7-11(3)19-8-17-13-12(14(19)21)15-4-5-16-13/h4-6,8,11H,7H2,1-3H3/t11-/m1/s1. The van der Waals surface area contributed by atoms with Gasteiger partial charge >= 0.3 is 0 Å². The third-order valence-corrected chi connectivity index (χ3v) is 3.44. The third kappa shape index (κ3) is 2.42. The molecule has 0 bridgehead atoms. The van der Waals surface area contributed by atoms with Crippen LogP contribution in [0.25, 0.3) is 11.2 Å². The van der Waals surface area contributed by atoms with Crippen molar-refractivity contribution >= 4 is 11.2 Å². The SMILES string of the molecule is Cc1cc(C)n(C[C@@H](C)n2cnc3nccnc3c2=O)n1. The van der Waals surface area contributed by atoms with Gasteiger partial charge in [-0.25, -0.2) is 15.0 Å². The first-order valence-electron chi connectivity index (χ1n) is 6.75. The first kappa shape index (κ1) is 13.4. The molecule has 3 aromatic rings. The van der Waals surface area contributed by atoms with E-state index in [0.717, 1.165) is 11.4 Å². The average molecular weight is 284 g/mol. The van der Waals surface area contributed by atoms with E-state index in [4.69, 9.17) is 0 Å². The average Bonchev–Trinajstić information content (AvgIpc) is 2.77. The first-order chi connectivity index (χ1) is 10.1. The van der Waals surface area contributed by atoms with E-state index in [1.165, 1.54) is 18.7 Å². The van der Waals surface area contributed by atoms with Crippen LogP contribution in [0.3, 0.4) is 0 Å². The lowest BCUT2D eigenvalue weighted by molar-refractivity contribution is 0.419. The van der Waals surface area contributed by atoms with Gasteiger partial charge in [-0.15, -0.1) is 0 Å². The van der Waals surface area contributed by atoms with Gasteiger partial charge in [0, 0.05) is 18.1 Å². The zero-order valence-electron chi connectivity index (χ0n) is 12.2. The lowest BCUT2D eigenvalue weighted by Crippen LogP contribution is -2.27. The minimum absolute atomic E-state index is 0.0746. The van der Waals surface area contributed by atoms with Gasteiger partial charge in [-0.3, -0.25) is 14.0 Å². The molecule has 3 rings (SSSR count). The molecular weight excluding hydrogens is 268 g/mol. The Morgan fingerprint density at radius 3 is 2.67 bits per heavy atom. The summed E-state index contributed by atoms with van der Waals surface area (Å²) in [6, 6.07) is 1.94. The van der Waals surface area contributed by atoms with Crippen LogP contribution in [0.1, 0.15) is 24.4 Å². The fraction of sp³-hybridized carbons (Fsp3) is 0.357. The highest BCUT2D eigenvalue weighted by molar-refractivity contribution is 5.66. The second-order valence-electron chi connectivity index (χ2n) is 5.14. The molecule has 0 aliphatic carbocycles. The maximum absolute atomic E-state index is 12.4. The maximum Gasteiger partial charge on any atom is 0.281 e. The van der Waals surface area contributed by atoms with Crippen LogP contribution in [0.4, 0.5) is 0 Å². The molecule has 3 aromatic heterocycles. The van der Waals surface area contributed by atoms with E-state index in [-0.39, 0.29) is 11.6 Å². The van der Waals surface area contributed by atoms with Gasteiger partial charge < -0.3 is 0 Å². The van der Waals surface area contributed by atoms with Gasteiger partial charge in [-0.2, -0.15) is 5.10 Å². The van der Waals surface area contributed by atoms with E-state index in [9.17, 15) is 4.79 Å². The number of aromatic nitrogens is 6. The number of aryl methyl sites for hydroxylation is 2. The zero-order chi connectivity index (χ0) is 15.0. The highest BCUT2D eigenvalue weighted by atomic mass is 16.1. The van der Waals surface area contributed by atoms with Crippen molar-refractivity contribution in [1.29, 1.82) is 0 Å². The first-order valence-corrected chi connectivity index (χ1v) is 6.75. The molecule has 0 aliphatic heterocycles. The Hall–Kier alpha value is -2.57. The molecule has 0 spiro atoms. The van der Waals surface area contributed by atoms with Gasteiger partial charge in [-0.05, 0) is 26.8 Å². The molecule has 1 atom stereocenters. The minimum Gasteiger partial charge on any atom is -0.293 e. The lowest BCUT2D eigenvalue weighted by Gasteiger charge is -2.15. The van der Waals surface area contributed by atoms with Crippen LogP contribution in [0.15, 0.2) is 29.6 Å². The van der Waals surface area contributed by atoms with Crippen LogP contribution in [0, 0.1) is 13.8 Å². The number of hydrogen-bond donors (Lipinski definition) is 0. The smallest absolute Gasteiger partial charge is 0.281 e. The van der Waals surface area contributed by atoms with Crippen molar-refractivity contribution in [3.05, 3.63) is 46.5 Å². The van der Waals surface area contributed by atoms with Crippen LogP contribution in [0.5, 0.6) is 0 Å². The predicted molar refractivity (Wildman–Crippen MR) is 78.0 cm³/mol. The number of fused-ring (bicyclic) bond motifs is 1. The molecule has 0 aliphatic rings. The Labute approximate surface area is 121 Å². The van der Waals surface area contributed by atoms with Crippen LogP contribution in [-0.2, 0) is 6.54 Å². The summed E-state index contributed by atoms with van der Waals surface area (Å²) in [6.07, 6.45) is 4.55. The van der Waals surface area contributed by atoms with Gasteiger partial charge in [0.05, 0.1) is 18.3 Å². The van der Waals surface area contributed by atoms with E-state index in [1.807, 2.05) is 31.5 Å². The summed E-state index contributed by atoms with van der Waals surface area (Å²) in [5, 5.41) is 4.42. The fourth-order valence-electron chi connectivity index (χ4n) is 2.38. The van der Waals surface area contributed by atoms with Gasteiger partial charge in [0.25, 0.3) is 5.56 Å². The highest BCUT2D eigenvalue weighted by Gasteiger charge is 2.13. The third-order valence-electron chi connectivity index (χ3n) is 3.44. The molecule has 0 radical (unpaired) electrons. The topological polar surface area (TPSA) is 78.5 Å². The summed E-state index contributed by atoms with van der Waals surface area (Å²) in [4.78, 5) is 24.7. The second-order valence-corrected chi connectivity index (χ2v) is 5.14. The summed E-state index contributed by atoms with van der Waals surface area (Å²) >= 11 is 0. The summed E-state index contributed by atoms with van der Waals surface area (Å²) < 4.78 is 3.47. The van der Waals surface area contributed by atoms with Gasteiger partial charge in [-0.1, -0.05) is 0 Å². The van der Waals surface area contributed by atoms with Crippen LogP contribution < -0.4 is 5.56 Å². The Morgan fingerprint density at radius 2 is 1.95 bits per heavy atom. The van der Waals surface area contributed by atoms with Gasteiger partial charge in [0.1, 0.15) is 6.33 Å². The summed E-state index contributed by atoms with van der Waals surface area (Å²) in [5.74, 6) is 0. The van der Waals surface area contributed by atoms with Crippen molar-refractivity contribution < 1.29 is 0 Å². The Bertz CT molecular complexity index is 850. The summed E-state index contributed by atoms with van der Waals surface area (Å²) in [6.45, 7) is 6.52. The van der Waals surface area contributed by atoms with Crippen LogP contribution in [0.2, 0.25) is 0 Å². The second kappa shape index (κ2) is 5.08. The zero-order valence-corrected chi connectivity index (χ0v) is 12.2. The molecular formula is C14H16N6O. The summed E-state index contributed by atoms with van der Waals surface area (Å²) in [5.41, 5.74) is 2.52. The molecule has 0 saturated heterocycles. The highest BCUT2D eigenvalue weighted by Crippen LogP contribution is 2.10. The van der Waals surface area contributed by atoms with E-state index in [0.29, 0.717) is 17.7 Å². The normalized spacial score (nSPS) is 12.7. The molecule has 7 heteroatoms. The van der Waals surface area contributed by atoms with E-state index in [2.05, 4.69) is 20.1 Å². The molecule has 0 amide bonds. The van der Waals surface area contributed by atoms with Gasteiger partial charge in [0.15, 0.2) is 11.2 Å². The van der Waals surface area contributed by atoms with Crippen molar-refractivity contribution in [1.82, 2.24) is 29.3 Å². The molecule has 108 valence electrons. The van der Waals surface area contributed by atoms with Crippen LogP contribution in [-0.4, -0.2) is 29.3 Å². The lowest BCUT2D eigenvalue weighted by atomic mass is 10.3. The molecule has 3 heterocycles. The van der Waals surface area contributed by atoms with E-state index < -0.39 is 0 Å². The molecule has 0 unspecified atom stereocenters. The van der Waals surface area contributed by atoms with E-state index in [1.54, 1.807) is 4.57 Å². The Balaban J connectivity index is 1.98. The molecule has 0 N–H and O–H groups in total. The molecule has 7 nitrogen and oxygen atoms in total. The largest absolute Gasteiger partial charge is 0.293 e. The number of nitrogens with zero attached hydrogens (tertiary/aromatic N) is 6. The molecule has 0 fully saturated rings. The van der Waals surface area contributed by atoms with Crippen molar-refractivity contribution in [3.8, 4) is 0 Å². The quantitative estimate of drug-likeness (QED) is 0.723. The predicted octanol–water partition coefficient (Wildman–Crippen LogP) is 1.26. The Kier molecular flexibility index (Phi) is 3.25. The van der Waals surface area contributed by atoms with Crippen molar-refractivity contribution in [2.24, 2.45) is 0 Å². The van der Waals surface area contributed by atoms with Crippen molar-refractivity contribution in [3.63, 3.8) is 0 Å². The van der Waals surface area contributed by atoms with Crippen molar-refractivity contribution in [2.75, 3.05) is 0 Å². The fourth-order valence-corrected chi connectivity index (χ4v) is 2.38. The number of hydrogen-bond acceptors (Lipinski definition) is 5. The van der Waals surface area contributed by atoms with Crippen LogP contribution >= 0.6 is 0 Å². The maximum atomic E-state index is 12.4. The molecule has 0 saturated carbocycles. The van der Waals surface area contributed by atoms with E-state index >= 15 is 0 Å². The monoisotopic (exact) mass is 284 g/mol. The van der Waals surface area contributed by atoms with Gasteiger partial charge in [0.2, 0.25) is 0 Å². The number of rotatable bonds is 3. The Morgan fingerprint density at radius 1 is 1.19 bits per heavy atom. The minimum atomic E-state index is -0.179. The molecule has 0 aromatic carbocycles. The summed E-state index contributed by atoms with van der Waals surface area (Å²) in [7, 11) is 0.